The lowest BCUT2D eigenvalue weighted by Gasteiger charge is -2.34. The highest BCUT2D eigenvalue weighted by Gasteiger charge is 2.27. The molecule has 1 aliphatic heterocycles. The summed E-state index contributed by atoms with van der Waals surface area (Å²) in [4.78, 5) is 14.2. The largest absolute Gasteiger partial charge is 0.351 e. The van der Waals surface area contributed by atoms with Crippen LogP contribution in [0.4, 0.5) is 4.39 Å². The molecule has 3 N–H and O–H groups in total. The van der Waals surface area contributed by atoms with Gasteiger partial charge in [0, 0.05) is 24.2 Å². The number of nitrogens with two attached hydrogens (primary N) is 1. The number of likely N-dealkylation sites (tertiary alicyclic amines) is 1. The van der Waals surface area contributed by atoms with E-state index in [1.807, 2.05) is 0 Å². The Hall–Kier alpha value is -1.17. The van der Waals surface area contributed by atoms with Crippen molar-refractivity contribution in [3.05, 3.63) is 34.6 Å². The maximum absolute atomic E-state index is 13.1. The van der Waals surface area contributed by atoms with Crippen molar-refractivity contribution < 1.29 is 9.18 Å². The van der Waals surface area contributed by atoms with E-state index >= 15 is 0 Å². The van der Waals surface area contributed by atoms with Gasteiger partial charge in [-0.2, -0.15) is 0 Å². The first-order valence-electron chi connectivity index (χ1n) is 7.52. The van der Waals surface area contributed by atoms with Crippen LogP contribution in [-0.4, -0.2) is 35.5 Å². The Bertz CT molecular complexity index is 545. The van der Waals surface area contributed by atoms with E-state index in [0.29, 0.717) is 11.6 Å². The normalized spacial score (nSPS) is 20.0. The number of piperidine rings is 1. The highest BCUT2D eigenvalue weighted by Crippen LogP contribution is 2.21. The second-order valence-electron chi connectivity index (χ2n) is 6.51. The van der Waals surface area contributed by atoms with Crippen LogP contribution in [-0.2, 0) is 11.3 Å². The Labute approximate surface area is 135 Å². The van der Waals surface area contributed by atoms with Crippen molar-refractivity contribution in [2.45, 2.75) is 44.8 Å². The van der Waals surface area contributed by atoms with Crippen molar-refractivity contribution in [3.8, 4) is 0 Å². The summed E-state index contributed by atoms with van der Waals surface area (Å²) in [6.45, 7) is 5.72. The van der Waals surface area contributed by atoms with Crippen LogP contribution >= 0.6 is 11.6 Å². The van der Waals surface area contributed by atoms with Gasteiger partial charge in [0.15, 0.2) is 0 Å². The number of halogens is 2. The second-order valence-corrected chi connectivity index (χ2v) is 6.91. The lowest BCUT2D eigenvalue weighted by Crippen LogP contribution is -2.55. The molecule has 1 heterocycles. The first kappa shape index (κ1) is 17.2. The van der Waals surface area contributed by atoms with Crippen LogP contribution in [0.3, 0.4) is 0 Å². The van der Waals surface area contributed by atoms with E-state index < -0.39 is 5.54 Å². The van der Waals surface area contributed by atoms with E-state index in [9.17, 15) is 9.18 Å². The molecule has 122 valence electrons. The van der Waals surface area contributed by atoms with Crippen LogP contribution in [0.2, 0.25) is 5.02 Å². The van der Waals surface area contributed by atoms with E-state index in [1.165, 1.54) is 12.1 Å². The monoisotopic (exact) mass is 327 g/mol. The number of rotatable bonds is 4. The van der Waals surface area contributed by atoms with E-state index in [2.05, 4.69) is 10.2 Å². The number of carbonyl (C=O) groups is 1. The zero-order valence-corrected chi connectivity index (χ0v) is 13.8. The summed E-state index contributed by atoms with van der Waals surface area (Å²) in [5.41, 5.74) is 5.83. The predicted molar refractivity (Wildman–Crippen MR) is 86.1 cm³/mol. The summed E-state index contributed by atoms with van der Waals surface area (Å²) in [6.07, 6.45) is 1.93. The van der Waals surface area contributed by atoms with E-state index in [-0.39, 0.29) is 17.8 Å². The molecule has 1 unspecified atom stereocenters. The fourth-order valence-electron chi connectivity index (χ4n) is 2.58. The highest BCUT2D eigenvalue weighted by atomic mass is 35.5. The molecule has 0 radical (unpaired) electrons. The van der Waals surface area contributed by atoms with Crippen molar-refractivity contribution in [2.75, 3.05) is 13.1 Å². The fourth-order valence-corrected chi connectivity index (χ4v) is 2.81. The molecule has 1 aliphatic rings. The molecular weight excluding hydrogens is 305 g/mol. The minimum absolute atomic E-state index is 0.0864. The molecule has 1 saturated heterocycles. The summed E-state index contributed by atoms with van der Waals surface area (Å²) in [5, 5.41) is 3.44. The third-order valence-electron chi connectivity index (χ3n) is 3.84. The third kappa shape index (κ3) is 4.66. The highest BCUT2D eigenvalue weighted by molar-refractivity contribution is 6.31. The molecule has 0 aromatic heterocycles. The van der Waals surface area contributed by atoms with Crippen LogP contribution in [0.25, 0.3) is 0 Å². The summed E-state index contributed by atoms with van der Waals surface area (Å²) in [7, 11) is 0. The summed E-state index contributed by atoms with van der Waals surface area (Å²) in [5.74, 6) is -0.470. The first-order valence-corrected chi connectivity index (χ1v) is 7.89. The van der Waals surface area contributed by atoms with Gasteiger partial charge < -0.3 is 11.1 Å². The van der Waals surface area contributed by atoms with Gasteiger partial charge in [-0.1, -0.05) is 17.7 Å². The molecule has 4 nitrogen and oxygen atoms in total. The van der Waals surface area contributed by atoms with Gasteiger partial charge in [-0.3, -0.25) is 9.69 Å². The fraction of sp³-hybridized carbons (Fsp3) is 0.562. The van der Waals surface area contributed by atoms with Crippen molar-refractivity contribution >= 4 is 17.5 Å². The molecule has 1 aromatic rings. The lowest BCUT2D eigenvalue weighted by atomic mass is 10.0. The van der Waals surface area contributed by atoms with Crippen LogP contribution < -0.4 is 11.1 Å². The minimum Gasteiger partial charge on any atom is -0.351 e. The molecule has 1 fully saturated rings. The van der Waals surface area contributed by atoms with E-state index in [4.69, 9.17) is 17.3 Å². The van der Waals surface area contributed by atoms with Gasteiger partial charge in [0.25, 0.3) is 0 Å². The molecule has 0 aliphatic carbocycles. The van der Waals surface area contributed by atoms with Gasteiger partial charge in [-0.15, -0.1) is 0 Å². The summed E-state index contributed by atoms with van der Waals surface area (Å²) in [6, 6.07) is 4.55. The third-order valence-corrected chi connectivity index (χ3v) is 4.19. The zero-order valence-electron chi connectivity index (χ0n) is 13.0. The Morgan fingerprint density at radius 3 is 2.91 bits per heavy atom. The molecule has 0 bridgehead atoms. The molecular formula is C16H23ClFN3O. The average molecular weight is 328 g/mol. The number of hydrogen-bond donors (Lipinski definition) is 2. The minimum atomic E-state index is -0.872. The molecule has 2 rings (SSSR count). The van der Waals surface area contributed by atoms with Crippen LogP contribution in [0.15, 0.2) is 18.2 Å². The maximum Gasteiger partial charge on any atom is 0.239 e. The number of benzene rings is 1. The zero-order chi connectivity index (χ0) is 16.3. The van der Waals surface area contributed by atoms with Gasteiger partial charge in [0.2, 0.25) is 5.91 Å². The molecule has 1 aromatic carbocycles. The number of nitrogens with zero attached hydrogens (tertiary/aromatic N) is 1. The quantitative estimate of drug-likeness (QED) is 0.892. The Morgan fingerprint density at radius 1 is 1.55 bits per heavy atom. The van der Waals surface area contributed by atoms with Gasteiger partial charge in [0.1, 0.15) is 5.82 Å². The lowest BCUT2D eigenvalue weighted by molar-refractivity contribution is -0.126. The number of carbonyl (C=O) groups excluding carboxylic acids is 1. The number of nitrogens with one attached hydrogen (secondary N) is 1. The van der Waals surface area contributed by atoms with Crippen molar-refractivity contribution in [1.29, 1.82) is 0 Å². The van der Waals surface area contributed by atoms with Crippen molar-refractivity contribution in [3.63, 3.8) is 0 Å². The Balaban J connectivity index is 1.94. The van der Waals surface area contributed by atoms with Crippen molar-refractivity contribution in [1.82, 2.24) is 10.2 Å². The standard InChI is InChI=1S/C16H23ClFN3O/c1-16(2,19)15(22)20-13-4-3-7-21(10-13)9-11-5-6-12(18)8-14(11)17/h5-6,8,13H,3-4,7,9-10,19H2,1-2H3,(H,20,22). The summed E-state index contributed by atoms with van der Waals surface area (Å²) < 4.78 is 13.1. The smallest absolute Gasteiger partial charge is 0.239 e. The SMILES string of the molecule is CC(C)(N)C(=O)NC1CCCN(Cc2ccc(F)cc2Cl)C1. The maximum atomic E-state index is 13.1. The molecule has 6 heteroatoms. The van der Waals surface area contributed by atoms with Crippen LogP contribution in [0.1, 0.15) is 32.3 Å². The second kappa shape index (κ2) is 6.94. The molecule has 1 amide bonds. The average Bonchev–Trinajstić information content (AvgIpc) is 2.41. The molecule has 0 saturated carbocycles. The predicted octanol–water partition coefficient (Wildman–Crippen LogP) is 2.30. The molecule has 1 atom stereocenters. The molecule has 22 heavy (non-hydrogen) atoms. The Kier molecular flexibility index (Phi) is 5.42. The van der Waals surface area contributed by atoms with Crippen LogP contribution in [0.5, 0.6) is 0 Å². The number of hydrogen-bond acceptors (Lipinski definition) is 3. The van der Waals surface area contributed by atoms with Crippen molar-refractivity contribution in [2.24, 2.45) is 5.73 Å². The summed E-state index contributed by atoms with van der Waals surface area (Å²) >= 11 is 6.08. The van der Waals surface area contributed by atoms with E-state index in [1.54, 1.807) is 19.9 Å². The van der Waals surface area contributed by atoms with Gasteiger partial charge in [-0.25, -0.2) is 4.39 Å². The van der Waals surface area contributed by atoms with Crippen LogP contribution in [0, 0.1) is 5.82 Å². The van der Waals surface area contributed by atoms with Gasteiger partial charge in [-0.05, 0) is 50.9 Å². The van der Waals surface area contributed by atoms with Gasteiger partial charge in [0.05, 0.1) is 5.54 Å². The van der Waals surface area contributed by atoms with Gasteiger partial charge >= 0.3 is 0 Å². The molecule has 0 spiro atoms. The van der Waals surface area contributed by atoms with E-state index in [0.717, 1.165) is 31.5 Å². The number of amides is 1. The Morgan fingerprint density at radius 2 is 2.27 bits per heavy atom. The first-order chi connectivity index (χ1) is 10.3. The topological polar surface area (TPSA) is 58.4 Å².